The molecular formula is C16H18ClN3S2. The van der Waals surface area contributed by atoms with E-state index in [9.17, 15) is 0 Å². The average Bonchev–Trinajstić information content (AvgIpc) is 2.51. The minimum Gasteiger partial charge on any atom is -0.362 e. The third-order valence-corrected chi connectivity index (χ3v) is 4.40. The fraction of sp³-hybridized carbons (Fsp3) is 0.250. The fourth-order valence-corrected chi connectivity index (χ4v) is 2.86. The van der Waals surface area contributed by atoms with Gasteiger partial charge in [-0.2, -0.15) is 11.8 Å². The van der Waals surface area contributed by atoms with Crippen molar-refractivity contribution in [2.75, 3.05) is 17.6 Å². The van der Waals surface area contributed by atoms with Gasteiger partial charge in [0, 0.05) is 29.3 Å². The predicted octanol–water partition coefficient (Wildman–Crippen LogP) is 4.26. The van der Waals surface area contributed by atoms with Gasteiger partial charge in [0.25, 0.3) is 0 Å². The number of hydrogen-bond donors (Lipinski definition) is 2. The molecule has 0 saturated heterocycles. The molecule has 0 aliphatic carbocycles. The number of benzene rings is 1. The molecule has 0 fully saturated rings. The number of halogens is 1. The van der Waals surface area contributed by atoms with Crippen LogP contribution in [-0.4, -0.2) is 22.4 Å². The highest BCUT2D eigenvalue weighted by Gasteiger charge is 1.99. The molecule has 6 heteroatoms. The number of aromatic nitrogens is 1. The summed E-state index contributed by atoms with van der Waals surface area (Å²) in [6.07, 6.45) is 1.81. The fourth-order valence-electron chi connectivity index (χ4n) is 1.71. The Hall–Kier alpha value is -1.30. The maximum Gasteiger partial charge on any atom is 0.171 e. The van der Waals surface area contributed by atoms with E-state index in [0.717, 1.165) is 34.5 Å². The van der Waals surface area contributed by atoms with E-state index >= 15 is 0 Å². The second kappa shape index (κ2) is 8.98. The molecule has 0 radical (unpaired) electrons. The van der Waals surface area contributed by atoms with Crippen molar-refractivity contribution in [2.24, 2.45) is 0 Å². The molecule has 0 bridgehead atoms. The van der Waals surface area contributed by atoms with Gasteiger partial charge in [-0.3, -0.25) is 0 Å². The number of anilines is 1. The second-order valence-corrected chi connectivity index (χ2v) is 6.73. The summed E-state index contributed by atoms with van der Waals surface area (Å²) in [5.74, 6) is 2.71. The minimum absolute atomic E-state index is 0.600. The Labute approximate surface area is 145 Å². The Morgan fingerprint density at radius 2 is 2.00 bits per heavy atom. The van der Waals surface area contributed by atoms with E-state index in [2.05, 4.69) is 27.8 Å². The number of thioether (sulfide) groups is 1. The molecule has 0 unspecified atom stereocenters. The molecule has 2 rings (SSSR count). The number of nitrogens with one attached hydrogen (secondary N) is 2. The van der Waals surface area contributed by atoms with Gasteiger partial charge in [0.05, 0.1) is 0 Å². The summed E-state index contributed by atoms with van der Waals surface area (Å²) in [6, 6.07) is 11.9. The van der Waals surface area contributed by atoms with Crippen molar-refractivity contribution in [2.45, 2.75) is 12.7 Å². The van der Waals surface area contributed by atoms with Crippen LogP contribution >= 0.6 is 35.6 Å². The topological polar surface area (TPSA) is 37.0 Å². The van der Waals surface area contributed by atoms with Gasteiger partial charge >= 0.3 is 0 Å². The Morgan fingerprint density at radius 1 is 1.23 bits per heavy atom. The van der Waals surface area contributed by atoms with Crippen LogP contribution in [0.4, 0.5) is 5.82 Å². The lowest BCUT2D eigenvalue weighted by Crippen LogP contribution is -2.30. The van der Waals surface area contributed by atoms with Gasteiger partial charge in [-0.05, 0) is 48.5 Å². The smallest absolute Gasteiger partial charge is 0.171 e. The van der Waals surface area contributed by atoms with E-state index in [1.807, 2.05) is 49.1 Å². The first kappa shape index (κ1) is 17.1. The predicted molar refractivity (Wildman–Crippen MR) is 101 cm³/mol. The minimum atomic E-state index is 0.600. The zero-order chi connectivity index (χ0) is 15.8. The molecular weight excluding hydrogens is 334 g/mol. The molecule has 2 aromatic rings. The van der Waals surface area contributed by atoms with Crippen LogP contribution in [0.2, 0.25) is 5.02 Å². The largest absolute Gasteiger partial charge is 0.362 e. The quantitative estimate of drug-likeness (QED) is 0.600. The maximum absolute atomic E-state index is 5.86. The van der Waals surface area contributed by atoms with Gasteiger partial charge in [0.15, 0.2) is 5.11 Å². The Balaban J connectivity index is 1.61. The molecule has 2 N–H and O–H groups in total. The van der Waals surface area contributed by atoms with Gasteiger partial charge in [0.2, 0.25) is 0 Å². The van der Waals surface area contributed by atoms with E-state index in [4.69, 9.17) is 23.8 Å². The summed E-state index contributed by atoms with van der Waals surface area (Å²) in [6.45, 7) is 2.82. The normalized spacial score (nSPS) is 10.3. The number of thiocarbonyl (C=S) groups is 1. The molecule has 0 spiro atoms. The summed E-state index contributed by atoms with van der Waals surface area (Å²) < 4.78 is 0. The molecule has 3 nitrogen and oxygen atoms in total. The van der Waals surface area contributed by atoms with Crippen LogP contribution < -0.4 is 10.6 Å². The highest BCUT2D eigenvalue weighted by molar-refractivity contribution is 7.98. The van der Waals surface area contributed by atoms with Crippen LogP contribution in [-0.2, 0) is 5.75 Å². The maximum atomic E-state index is 5.86. The van der Waals surface area contributed by atoms with Crippen LogP contribution in [0.3, 0.4) is 0 Å². The van der Waals surface area contributed by atoms with Crippen molar-refractivity contribution in [3.05, 3.63) is 58.7 Å². The summed E-state index contributed by atoms with van der Waals surface area (Å²) >= 11 is 13.0. The summed E-state index contributed by atoms with van der Waals surface area (Å²) in [4.78, 5) is 4.25. The van der Waals surface area contributed by atoms with Gasteiger partial charge in [-0.25, -0.2) is 4.98 Å². The monoisotopic (exact) mass is 351 g/mol. The molecule has 1 aromatic heterocycles. The number of rotatable bonds is 6. The molecule has 116 valence electrons. The van der Waals surface area contributed by atoms with Crippen molar-refractivity contribution >= 4 is 46.5 Å². The first-order valence-electron chi connectivity index (χ1n) is 6.93. The van der Waals surface area contributed by atoms with E-state index in [1.54, 1.807) is 0 Å². The van der Waals surface area contributed by atoms with E-state index < -0.39 is 0 Å². The zero-order valence-electron chi connectivity index (χ0n) is 12.3. The third-order valence-electron chi connectivity index (χ3n) is 2.87. The van der Waals surface area contributed by atoms with Crippen LogP contribution in [0.5, 0.6) is 0 Å². The first-order valence-corrected chi connectivity index (χ1v) is 8.87. The number of pyridine rings is 1. The Bertz CT molecular complexity index is 600. The molecule has 0 aliphatic heterocycles. The van der Waals surface area contributed by atoms with Gasteiger partial charge in [0.1, 0.15) is 5.82 Å². The van der Waals surface area contributed by atoms with Gasteiger partial charge in [-0.1, -0.05) is 29.8 Å². The summed E-state index contributed by atoms with van der Waals surface area (Å²) in [5.41, 5.74) is 2.40. The van der Waals surface area contributed by atoms with E-state index in [-0.39, 0.29) is 0 Å². The van der Waals surface area contributed by atoms with Crippen molar-refractivity contribution in [1.29, 1.82) is 0 Å². The number of nitrogens with zero attached hydrogens (tertiary/aromatic N) is 1. The van der Waals surface area contributed by atoms with E-state index in [1.165, 1.54) is 5.56 Å². The molecule has 0 saturated carbocycles. The van der Waals surface area contributed by atoms with Crippen molar-refractivity contribution < 1.29 is 0 Å². The SMILES string of the molecule is Cc1ccc(NC(=S)NCCSCc2ccc(Cl)cc2)nc1. The summed E-state index contributed by atoms with van der Waals surface area (Å²) in [7, 11) is 0. The Morgan fingerprint density at radius 3 is 2.68 bits per heavy atom. The van der Waals surface area contributed by atoms with Crippen LogP contribution in [0.15, 0.2) is 42.6 Å². The Kier molecular flexibility index (Phi) is 6.96. The lowest BCUT2D eigenvalue weighted by molar-refractivity contribution is 0.988. The lowest BCUT2D eigenvalue weighted by Gasteiger charge is -2.09. The van der Waals surface area contributed by atoms with Gasteiger partial charge < -0.3 is 10.6 Å². The van der Waals surface area contributed by atoms with Crippen molar-refractivity contribution in [3.8, 4) is 0 Å². The van der Waals surface area contributed by atoms with Gasteiger partial charge in [-0.15, -0.1) is 0 Å². The summed E-state index contributed by atoms with van der Waals surface area (Å²) in [5, 5.41) is 7.62. The lowest BCUT2D eigenvalue weighted by atomic mass is 10.2. The molecule has 1 aromatic carbocycles. The highest BCUT2D eigenvalue weighted by Crippen LogP contribution is 2.15. The third kappa shape index (κ3) is 6.22. The van der Waals surface area contributed by atoms with Crippen LogP contribution in [0, 0.1) is 6.92 Å². The standard InChI is InChI=1S/C16H18ClN3S2/c1-12-2-7-15(19-10-12)20-16(21)18-8-9-22-11-13-3-5-14(17)6-4-13/h2-7,10H,8-9,11H2,1H3,(H2,18,19,20,21). The van der Waals surface area contributed by atoms with Crippen LogP contribution in [0.25, 0.3) is 0 Å². The molecule has 0 aliphatic rings. The van der Waals surface area contributed by atoms with Crippen LogP contribution in [0.1, 0.15) is 11.1 Å². The highest BCUT2D eigenvalue weighted by atomic mass is 35.5. The molecule has 1 heterocycles. The molecule has 0 amide bonds. The number of aryl methyl sites for hydroxylation is 1. The van der Waals surface area contributed by atoms with Crippen molar-refractivity contribution in [3.63, 3.8) is 0 Å². The number of hydrogen-bond acceptors (Lipinski definition) is 3. The molecule has 22 heavy (non-hydrogen) atoms. The average molecular weight is 352 g/mol. The zero-order valence-corrected chi connectivity index (χ0v) is 14.7. The second-order valence-electron chi connectivity index (χ2n) is 4.78. The first-order chi connectivity index (χ1) is 10.6. The van der Waals surface area contributed by atoms with E-state index in [0.29, 0.717) is 5.11 Å². The van der Waals surface area contributed by atoms with Crippen molar-refractivity contribution in [1.82, 2.24) is 10.3 Å². The molecule has 0 atom stereocenters.